The van der Waals surface area contributed by atoms with Gasteiger partial charge in [-0.2, -0.15) is 0 Å². The number of aliphatic hydroxyl groups is 1. The van der Waals surface area contributed by atoms with Gasteiger partial charge in [-0.05, 0) is 18.9 Å². The van der Waals surface area contributed by atoms with E-state index in [0.717, 1.165) is 44.1 Å². The van der Waals surface area contributed by atoms with Gasteiger partial charge >= 0.3 is 0 Å². The Morgan fingerprint density at radius 2 is 1.96 bits per heavy atom. The van der Waals surface area contributed by atoms with Crippen molar-refractivity contribution >= 4 is 5.96 Å². The van der Waals surface area contributed by atoms with E-state index >= 15 is 0 Å². The van der Waals surface area contributed by atoms with Crippen LogP contribution in [0.4, 0.5) is 0 Å². The minimum absolute atomic E-state index is 0.0208. The molecule has 23 heavy (non-hydrogen) atoms. The van der Waals surface area contributed by atoms with Crippen molar-refractivity contribution in [1.82, 2.24) is 10.6 Å². The summed E-state index contributed by atoms with van der Waals surface area (Å²) in [5.74, 6) is 0.786. The topological polar surface area (TPSA) is 65.9 Å². The van der Waals surface area contributed by atoms with E-state index in [1.165, 1.54) is 0 Å². The van der Waals surface area contributed by atoms with Crippen molar-refractivity contribution in [1.29, 1.82) is 0 Å². The van der Waals surface area contributed by atoms with Gasteiger partial charge in [0.15, 0.2) is 5.96 Å². The summed E-state index contributed by atoms with van der Waals surface area (Å²) in [4.78, 5) is 4.57. The summed E-state index contributed by atoms with van der Waals surface area (Å²) >= 11 is 0. The minimum atomic E-state index is 0.0208. The van der Waals surface area contributed by atoms with Gasteiger partial charge in [0.25, 0.3) is 0 Å². The van der Waals surface area contributed by atoms with Gasteiger partial charge in [0.05, 0.1) is 19.8 Å². The molecule has 5 heteroatoms. The van der Waals surface area contributed by atoms with Gasteiger partial charge in [0.2, 0.25) is 0 Å². The second kappa shape index (κ2) is 12.9. The third kappa shape index (κ3) is 8.57. The average molecular weight is 321 g/mol. The van der Waals surface area contributed by atoms with E-state index < -0.39 is 0 Å². The van der Waals surface area contributed by atoms with E-state index in [1.54, 1.807) is 0 Å². The Bertz CT molecular complexity index is 424. The van der Waals surface area contributed by atoms with Crippen molar-refractivity contribution in [3.63, 3.8) is 0 Å². The summed E-state index contributed by atoms with van der Waals surface area (Å²) in [6.07, 6.45) is 2.25. The summed E-state index contributed by atoms with van der Waals surface area (Å²) in [6, 6.07) is 10.00. The zero-order chi connectivity index (χ0) is 16.8. The van der Waals surface area contributed by atoms with Crippen LogP contribution in [0.25, 0.3) is 0 Å². The van der Waals surface area contributed by atoms with Crippen LogP contribution in [0.3, 0.4) is 0 Å². The number of nitrogens with one attached hydrogen (secondary N) is 2. The van der Waals surface area contributed by atoms with Gasteiger partial charge < -0.3 is 20.5 Å². The van der Waals surface area contributed by atoms with E-state index in [0.29, 0.717) is 13.2 Å². The molecule has 0 saturated carbocycles. The van der Waals surface area contributed by atoms with Crippen LogP contribution in [0.5, 0.6) is 0 Å². The molecule has 130 valence electrons. The largest absolute Gasteiger partial charge is 0.396 e. The fraction of sp³-hybridized carbons (Fsp3) is 0.611. The maximum Gasteiger partial charge on any atom is 0.191 e. The summed E-state index contributed by atoms with van der Waals surface area (Å²) in [6.45, 7) is 7.85. The van der Waals surface area contributed by atoms with Gasteiger partial charge in [-0.15, -0.1) is 0 Å². The highest BCUT2D eigenvalue weighted by Gasteiger charge is 2.09. The highest BCUT2D eigenvalue weighted by molar-refractivity contribution is 5.79. The molecule has 3 N–H and O–H groups in total. The molecule has 0 spiro atoms. The number of hydrogen-bond acceptors (Lipinski definition) is 3. The van der Waals surface area contributed by atoms with E-state index in [1.807, 2.05) is 37.3 Å². The molecular formula is C18H31N3O2. The van der Waals surface area contributed by atoms with Gasteiger partial charge in [-0.25, -0.2) is 0 Å². The van der Waals surface area contributed by atoms with Crippen LogP contribution in [-0.4, -0.2) is 50.5 Å². The van der Waals surface area contributed by atoms with Gasteiger partial charge in [0, 0.05) is 25.6 Å². The SMILES string of the molecule is CCCCOCCNC(=NCC(CO)c1ccccc1)NCC. The molecule has 0 aliphatic carbocycles. The van der Waals surface area contributed by atoms with Gasteiger partial charge in [-0.1, -0.05) is 43.7 Å². The monoisotopic (exact) mass is 321 g/mol. The molecule has 1 unspecified atom stereocenters. The molecule has 0 aliphatic rings. The maximum atomic E-state index is 9.59. The predicted molar refractivity (Wildman–Crippen MR) is 96.0 cm³/mol. The van der Waals surface area contributed by atoms with Crippen LogP contribution < -0.4 is 10.6 Å². The normalized spacial score (nSPS) is 12.9. The zero-order valence-corrected chi connectivity index (χ0v) is 14.4. The standard InChI is InChI=1S/C18H31N3O2/c1-3-5-12-23-13-11-20-18(19-4-2)21-14-17(15-22)16-9-7-6-8-10-16/h6-10,17,22H,3-5,11-15H2,1-2H3,(H2,19,20,21). The van der Waals surface area contributed by atoms with E-state index in [-0.39, 0.29) is 12.5 Å². The number of benzene rings is 1. The first kappa shape index (κ1) is 19.5. The molecule has 1 rings (SSSR count). The molecule has 0 radical (unpaired) electrons. The lowest BCUT2D eigenvalue weighted by Gasteiger charge is -2.15. The lowest BCUT2D eigenvalue weighted by Crippen LogP contribution is -2.39. The number of guanidine groups is 1. The number of unbranched alkanes of at least 4 members (excludes halogenated alkanes) is 1. The Labute approximate surface area is 140 Å². The first-order valence-corrected chi connectivity index (χ1v) is 8.57. The molecule has 1 atom stereocenters. The Kier molecular flexibility index (Phi) is 10.9. The number of hydrogen-bond donors (Lipinski definition) is 3. The van der Waals surface area contributed by atoms with Crippen LogP contribution in [0.15, 0.2) is 35.3 Å². The Balaban J connectivity index is 2.43. The number of aliphatic imine (C=N–C) groups is 1. The second-order valence-corrected chi connectivity index (χ2v) is 5.40. The van der Waals surface area contributed by atoms with E-state index in [2.05, 4.69) is 22.5 Å². The molecular weight excluding hydrogens is 290 g/mol. The lowest BCUT2D eigenvalue weighted by molar-refractivity contribution is 0.136. The molecule has 0 fully saturated rings. The Morgan fingerprint density at radius 1 is 1.17 bits per heavy atom. The summed E-state index contributed by atoms with van der Waals surface area (Å²) in [5, 5.41) is 16.1. The number of ether oxygens (including phenoxy) is 1. The molecule has 1 aromatic rings. The molecule has 0 amide bonds. The zero-order valence-electron chi connectivity index (χ0n) is 14.4. The Hall–Kier alpha value is -1.59. The van der Waals surface area contributed by atoms with Crippen LogP contribution >= 0.6 is 0 Å². The molecule has 0 bridgehead atoms. The average Bonchev–Trinajstić information content (AvgIpc) is 2.59. The molecule has 0 saturated heterocycles. The quantitative estimate of drug-likeness (QED) is 0.332. The summed E-state index contributed by atoms with van der Waals surface area (Å²) < 4.78 is 5.53. The van der Waals surface area contributed by atoms with E-state index in [9.17, 15) is 5.11 Å². The predicted octanol–water partition coefficient (Wildman–Crippen LogP) is 2.13. The fourth-order valence-electron chi connectivity index (χ4n) is 2.13. The molecule has 1 aromatic carbocycles. The molecule has 0 heterocycles. The maximum absolute atomic E-state index is 9.59. The number of aliphatic hydroxyl groups excluding tert-OH is 1. The number of nitrogens with zero attached hydrogens (tertiary/aromatic N) is 1. The van der Waals surface area contributed by atoms with Crippen molar-refractivity contribution in [2.24, 2.45) is 4.99 Å². The summed E-state index contributed by atoms with van der Waals surface area (Å²) in [5.41, 5.74) is 1.11. The third-order valence-corrected chi connectivity index (χ3v) is 3.49. The third-order valence-electron chi connectivity index (χ3n) is 3.49. The fourth-order valence-corrected chi connectivity index (χ4v) is 2.13. The van der Waals surface area contributed by atoms with Crippen LogP contribution in [-0.2, 0) is 4.74 Å². The molecule has 5 nitrogen and oxygen atoms in total. The van der Waals surface area contributed by atoms with Crippen LogP contribution in [0.1, 0.15) is 38.2 Å². The van der Waals surface area contributed by atoms with Crippen molar-refractivity contribution in [2.45, 2.75) is 32.6 Å². The van der Waals surface area contributed by atoms with Gasteiger partial charge in [0.1, 0.15) is 0 Å². The highest BCUT2D eigenvalue weighted by Crippen LogP contribution is 2.14. The summed E-state index contributed by atoms with van der Waals surface area (Å²) in [7, 11) is 0. The van der Waals surface area contributed by atoms with Crippen molar-refractivity contribution in [2.75, 3.05) is 39.5 Å². The van der Waals surface area contributed by atoms with Crippen LogP contribution in [0.2, 0.25) is 0 Å². The first-order chi connectivity index (χ1) is 11.3. The Morgan fingerprint density at radius 3 is 2.61 bits per heavy atom. The van der Waals surface area contributed by atoms with Crippen LogP contribution in [0, 0.1) is 0 Å². The van der Waals surface area contributed by atoms with Crippen molar-refractivity contribution < 1.29 is 9.84 Å². The smallest absolute Gasteiger partial charge is 0.191 e. The van der Waals surface area contributed by atoms with E-state index in [4.69, 9.17) is 4.74 Å². The highest BCUT2D eigenvalue weighted by atomic mass is 16.5. The minimum Gasteiger partial charge on any atom is -0.396 e. The molecule has 0 aromatic heterocycles. The van der Waals surface area contributed by atoms with Crippen molar-refractivity contribution in [3.05, 3.63) is 35.9 Å². The lowest BCUT2D eigenvalue weighted by atomic mass is 10.0. The molecule has 0 aliphatic heterocycles. The number of rotatable bonds is 11. The first-order valence-electron chi connectivity index (χ1n) is 8.57. The van der Waals surface area contributed by atoms with Gasteiger partial charge in [-0.3, -0.25) is 4.99 Å². The van der Waals surface area contributed by atoms with Crippen molar-refractivity contribution in [3.8, 4) is 0 Å². The second-order valence-electron chi connectivity index (χ2n) is 5.40.